The van der Waals surface area contributed by atoms with Crippen LogP contribution in [0.15, 0.2) is 18.2 Å². The second-order valence-corrected chi connectivity index (χ2v) is 8.17. The number of amides is 2. The van der Waals surface area contributed by atoms with Gasteiger partial charge in [0.2, 0.25) is 5.91 Å². The van der Waals surface area contributed by atoms with Crippen molar-refractivity contribution in [1.29, 1.82) is 0 Å². The van der Waals surface area contributed by atoms with E-state index in [0.29, 0.717) is 24.8 Å². The summed E-state index contributed by atoms with van der Waals surface area (Å²) in [5.74, 6) is -1.45. The Bertz CT molecular complexity index is 664. The number of benzene rings is 1. The highest BCUT2D eigenvalue weighted by Gasteiger charge is 2.42. The second-order valence-electron chi connectivity index (χ2n) is 8.17. The third kappa shape index (κ3) is 5.02. The van der Waals surface area contributed by atoms with Gasteiger partial charge in [-0.3, -0.25) is 4.79 Å². The fourth-order valence-corrected chi connectivity index (χ4v) is 3.42. The molecule has 1 aliphatic heterocycles. The molecule has 1 saturated heterocycles. The van der Waals surface area contributed by atoms with Crippen LogP contribution in [0, 0.1) is 23.5 Å². The Morgan fingerprint density at radius 2 is 1.81 bits per heavy atom. The molecule has 3 atom stereocenters. The molecule has 1 fully saturated rings. The van der Waals surface area contributed by atoms with E-state index in [1.165, 1.54) is 17.0 Å². The summed E-state index contributed by atoms with van der Waals surface area (Å²) in [4.78, 5) is 25.9. The van der Waals surface area contributed by atoms with E-state index in [4.69, 9.17) is 4.74 Å². The van der Waals surface area contributed by atoms with Gasteiger partial charge in [0.15, 0.2) is 0 Å². The lowest BCUT2D eigenvalue weighted by atomic mass is 9.83. The number of ether oxygens (including phenoxy) is 1. The quantitative estimate of drug-likeness (QED) is 0.774. The number of imide groups is 1. The minimum Gasteiger partial charge on any atom is -0.443 e. The van der Waals surface area contributed by atoms with E-state index in [2.05, 4.69) is 0 Å². The van der Waals surface area contributed by atoms with Crippen LogP contribution in [0.2, 0.25) is 0 Å². The van der Waals surface area contributed by atoms with Crippen LogP contribution in [-0.2, 0) is 16.0 Å². The van der Waals surface area contributed by atoms with E-state index in [-0.39, 0.29) is 23.8 Å². The summed E-state index contributed by atoms with van der Waals surface area (Å²) < 4.78 is 32.2. The van der Waals surface area contributed by atoms with Crippen LogP contribution in [0.1, 0.15) is 53.0 Å². The van der Waals surface area contributed by atoms with Gasteiger partial charge in [0.05, 0.1) is 0 Å². The Kier molecular flexibility index (Phi) is 6.04. The van der Waals surface area contributed by atoms with Crippen LogP contribution in [0.5, 0.6) is 0 Å². The number of carbonyl (C=O) groups is 2. The van der Waals surface area contributed by atoms with Crippen LogP contribution in [0.25, 0.3) is 0 Å². The van der Waals surface area contributed by atoms with Gasteiger partial charge in [-0.2, -0.15) is 0 Å². The van der Waals surface area contributed by atoms with Gasteiger partial charge in [0.25, 0.3) is 0 Å². The Morgan fingerprint density at radius 1 is 1.23 bits per heavy atom. The molecular weight excluding hydrogens is 340 g/mol. The highest BCUT2D eigenvalue weighted by atomic mass is 19.1. The first-order valence-electron chi connectivity index (χ1n) is 8.98. The Hall–Kier alpha value is -1.98. The zero-order valence-electron chi connectivity index (χ0n) is 16.0. The third-order valence-electron chi connectivity index (χ3n) is 4.83. The molecule has 0 bridgehead atoms. The molecular formula is C20H27F2NO3. The molecule has 2 amide bonds. The molecule has 6 heteroatoms. The van der Waals surface area contributed by atoms with Gasteiger partial charge in [-0.05, 0) is 63.1 Å². The number of likely N-dealkylation sites (tertiary alicyclic amines) is 1. The molecule has 1 aliphatic rings. The first-order valence-corrected chi connectivity index (χ1v) is 8.98. The van der Waals surface area contributed by atoms with Crippen LogP contribution < -0.4 is 0 Å². The first-order chi connectivity index (χ1) is 12.0. The molecule has 1 aromatic rings. The van der Waals surface area contributed by atoms with E-state index in [1.54, 1.807) is 20.8 Å². The predicted molar refractivity (Wildman–Crippen MR) is 94.5 cm³/mol. The molecule has 0 aliphatic carbocycles. The van der Waals surface area contributed by atoms with Crippen molar-refractivity contribution in [3.63, 3.8) is 0 Å². The SMILES string of the molecule is C[C@H]([C@H]1CCC(=O)N1C(=O)OC(C)(C)C)[C@@H](C)Cc1cc(F)cc(F)c1. The Balaban J connectivity index is 2.11. The molecule has 0 radical (unpaired) electrons. The molecule has 26 heavy (non-hydrogen) atoms. The minimum atomic E-state index is -0.682. The van der Waals surface area contributed by atoms with Gasteiger partial charge in [0, 0.05) is 18.5 Å². The number of nitrogens with zero attached hydrogens (tertiary/aromatic N) is 1. The summed E-state index contributed by atoms with van der Waals surface area (Å²) in [6.07, 6.45) is 0.708. The Morgan fingerprint density at radius 3 is 2.35 bits per heavy atom. The summed E-state index contributed by atoms with van der Waals surface area (Å²) in [5, 5.41) is 0. The summed E-state index contributed by atoms with van der Waals surface area (Å²) in [6, 6.07) is 3.21. The van der Waals surface area contributed by atoms with Crippen molar-refractivity contribution in [1.82, 2.24) is 4.90 Å². The number of hydrogen-bond donors (Lipinski definition) is 0. The molecule has 0 N–H and O–H groups in total. The van der Waals surface area contributed by atoms with E-state index in [0.717, 1.165) is 6.07 Å². The van der Waals surface area contributed by atoms with Gasteiger partial charge in [-0.15, -0.1) is 0 Å². The van der Waals surface area contributed by atoms with Crippen molar-refractivity contribution >= 4 is 12.0 Å². The highest BCUT2D eigenvalue weighted by Crippen LogP contribution is 2.32. The van der Waals surface area contributed by atoms with Crippen LogP contribution in [0.3, 0.4) is 0 Å². The average molecular weight is 367 g/mol. The molecule has 0 aromatic heterocycles. The molecule has 144 valence electrons. The van der Waals surface area contributed by atoms with Crippen LogP contribution in [0.4, 0.5) is 13.6 Å². The topological polar surface area (TPSA) is 46.6 Å². The van der Waals surface area contributed by atoms with Gasteiger partial charge in [-0.25, -0.2) is 18.5 Å². The Labute approximate surface area is 153 Å². The molecule has 2 rings (SSSR count). The monoisotopic (exact) mass is 367 g/mol. The van der Waals surface area contributed by atoms with Gasteiger partial charge in [-0.1, -0.05) is 13.8 Å². The lowest BCUT2D eigenvalue weighted by Gasteiger charge is -2.33. The fourth-order valence-electron chi connectivity index (χ4n) is 3.42. The zero-order valence-corrected chi connectivity index (χ0v) is 16.0. The molecule has 0 unspecified atom stereocenters. The summed E-state index contributed by atoms with van der Waals surface area (Å²) in [7, 11) is 0. The van der Waals surface area contributed by atoms with E-state index >= 15 is 0 Å². The van der Waals surface area contributed by atoms with Crippen molar-refractivity contribution < 1.29 is 23.1 Å². The lowest BCUT2D eigenvalue weighted by Crippen LogP contribution is -2.46. The molecule has 0 spiro atoms. The van der Waals surface area contributed by atoms with Crippen LogP contribution >= 0.6 is 0 Å². The predicted octanol–water partition coefficient (Wildman–Crippen LogP) is 4.71. The number of carbonyl (C=O) groups excluding carboxylic acids is 2. The highest BCUT2D eigenvalue weighted by molar-refractivity contribution is 5.94. The maximum atomic E-state index is 13.4. The molecule has 1 heterocycles. The largest absolute Gasteiger partial charge is 0.443 e. The van der Waals surface area contributed by atoms with Crippen LogP contribution in [-0.4, -0.2) is 28.5 Å². The summed E-state index contributed by atoms with van der Waals surface area (Å²) in [6.45, 7) is 9.19. The van der Waals surface area contributed by atoms with E-state index in [1.807, 2.05) is 13.8 Å². The average Bonchev–Trinajstić information content (AvgIpc) is 2.85. The van der Waals surface area contributed by atoms with Crippen molar-refractivity contribution in [2.24, 2.45) is 11.8 Å². The molecule has 1 aromatic carbocycles. The van der Waals surface area contributed by atoms with Crippen molar-refractivity contribution in [3.05, 3.63) is 35.4 Å². The lowest BCUT2D eigenvalue weighted by molar-refractivity contribution is -0.128. The summed E-state index contributed by atoms with van der Waals surface area (Å²) >= 11 is 0. The van der Waals surface area contributed by atoms with Gasteiger partial charge in [0.1, 0.15) is 17.2 Å². The van der Waals surface area contributed by atoms with E-state index in [9.17, 15) is 18.4 Å². The minimum absolute atomic E-state index is 0.0250. The maximum Gasteiger partial charge on any atom is 0.417 e. The van der Waals surface area contributed by atoms with Crippen molar-refractivity contribution in [2.45, 2.75) is 65.5 Å². The summed E-state index contributed by atoms with van der Waals surface area (Å²) in [5.41, 5.74) is -0.117. The van der Waals surface area contributed by atoms with Gasteiger partial charge < -0.3 is 4.74 Å². The second kappa shape index (κ2) is 7.72. The van der Waals surface area contributed by atoms with Gasteiger partial charge >= 0.3 is 6.09 Å². The maximum absolute atomic E-state index is 13.4. The molecule has 0 saturated carbocycles. The van der Waals surface area contributed by atoms with E-state index < -0.39 is 23.3 Å². The first kappa shape index (κ1) is 20.3. The third-order valence-corrected chi connectivity index (χ3v) is 4.83. The number of hydrogen-bond acceptors (Lipinski definition) is 3. The number of halogens is 2. The number of rotatable bonds is 4. The van der Waals surface area contributed by atoms with Crippen molar-refractivity contribution in [2.75, 3.05) is 0 Å². The molecule has 4 nitrogen and oxygen atoms in total. The zero-order chi connectivity index (χ0) is 19.6. The fraction of sp³-hybridized carbons (Fsp3) is 0.600. The van der Waals surface area contributed by atoms with Crippen molar-refractivity contribution in [3.8, 4) is 0 Å². The smallest absolute Gasteiger partial charge is 0.417 e. The standard InChI is InChI=1S/C20H27F2NO3/c1-12(8-14-9-15(21)11-16(22)10-14)13(2)17-6-7-18(24)23(17)19(25)26-20(3,4)5/h9-13,17H,6-8H2,1-5H3/t12-,13-,17+/m0/s1. The normalized spacial score (nSPS) is 20.2.